The summed E-state index contributed by atoms with van der Waals surface area (Å²) in [6, 6.07) is 2.99. The number of pyridine rings is 1. The lowest BCUT2D eigenvalue weighted by molar-refractivity contribution is -0.145. The number of hydrogen-bond acceptors (Lipinski definition) is 6. The fourth-order valence-corrected chi connectivity index (χ4v) is 2.77. The number of sulfone groups is 1. The summed E-state index contributed by atoms with van der Waals surface area (Å²) in [4.78, 5) is 16.0. The lowest BCUT2D eigenvalue weighted by Gasteiger charge is -2.28. The molecule has 6 nitrogen and oxygen atoms in total. The predicted molar refractivity (Wildman–Crippen MR) is 76.3 cm³/mol. The highest BCUT2D eigenvalue weighted by molar-refractivity contribution is 7.90. The van der Waals surface area contributed by atoms with Crippen molar-refractivity contribution >= 4 is 21.6 Å². The fourth-order valence-electron chi connectivity index (χ4n) is 1.99. The highest BCUT2D eigenvalue weighted by Crippen LogP contribution is 2.25. The number of anilines is 1. The summed E-state index contributed by atoms with van der Waals surface area (Å²) in [5.74, 6) is -0.291. The van der Waals surface area contributed by atoms with Crippen LogP contribution in [-0.4, -0.2) is 38.3 Å². The first-order valence-electron chi connectivity index (χ1n) is 6.26. The van der Waals surface area contributed by atoms with E-state index < -0.39 is 21.3 Å². The van der Waals surface area contributed by atoms with Crippen LogP contribution in [0, 0.1) is 0 Å². The van der Waals surface area contributed by atoms with Crippen molar-refractivity contribution in [1.82, 2.24) is 4.98 Å². The van der Waals surface area contributed by atoms with E-state index >= 15 is 0 Å². The Hall–Kier alpha value is -1.63. The van der Waals surface area contributed by atoms with Crippen LogP contribution in [0.15, 0.2) is 23.2 Å². The van der Waals surface area contributed by atoms with Gasteiger partial charge in [0, 0.05) is 12.5 Å². The monoisotopic (exact) mass is 300 g/mol. The molecular formula is C13H20N2O4S. The first kappa shape index (κ1) is 16.4. The summed E-state index contributed by atoms with van der Waals surface area (Å²) in [5.41, 5.74) is -1.02. The third-order valence-electron chi connectivity index (χ3n) is 2.95. The first-order valence-corrected chi connectivity index (χ1v) is 8.15. The van der Waals surface area contributed by atoms with Gasteiger partial charge in [0.2, 0.25) is 0 Å². The Morgan fingerprint density at radius 1 is 1.50 bits per heavy atom. The van der Waals surface area contributed by atoms with E-state index in [2.05, 4.69) is 10.3 Å². The van der Waals surface area contributed by atoms with Gasteiger partial charge in [0.25, 0.3) is 0 Å². The zero-order chi connectivity index (χ0) is 15.4. The maximum atomic E-state index is 11.9. The number of nitrogens with one attached hydrogen (secondary N) is 1. The summed E-state index contributed by atoms with van der Waals surface area (Å²) < 4.78 is 28.3. The number of esters is 1. The molecule has 0 fully saturated rings. The van der Waals surface area contributed by atoms with Crippen molar-refractivity contribution in [3.05, 3.63) is 18.3 Å². The van der Waals surface area contributed by atoms with Gasteiger partial charge in [-0.15, -0.1) is 0 Å². The second-order valence-corrected chi connectivity index (χ2v) is 6.81. The second kappa shape index (κ2) is 6.21. The van der Waals surface area contributed by atoms with E-state index in [4.69, 9.17) is 4.74 Å². The highest BCUT2D eigenvalue weighted by Gasteiger charge is 2.35. The maximum Gasteiger partial charge on any atom is 0.331 e. The van der Waals surface area contributed by atoms with Crippen LogP contribution in [0.25, 0.3) is 0 Å². The quantitative estimate of drug-likeness (QED) is 0.804. The molecule has 0 spiro atoms. The number of nitrogens with zero attached hydrogens (tertiary/aromatic N) is 1. The average Bonchev–Trinajstić information content (AvgIpc) is 2.37. The molecule has 1 N–H and O–H groups in total. The van der Waals surface area contributed by atoms with Gasteiger partial charge in [0.15, 0.2) is 9.84 Å². The molecule has 0 saturated heterocycles. The third-order valence-corrected chi connectivity index (χ3v) is 4.08. The van der Waals surface area contributed by atoms with E-state index in [0.717, 1.165) is 12.7 Å². The Balaban J connectivity index is 3.23. The molecule has 0 amide bonds. The van der Waals surface area contributed by atoms with Gasteiger partial charge in [-0.25, -0.2) is 18.2 Å². The minimum Gasteiger partial charge on any atom is -0.467 e. The zero-order valence-electron chi connectivity index (χ0n) is 12.1. The fraction of sp³-hybridized carbons (Fsp3) is 0.538. The Kier molecular flexibility index (Phi) is 5.10. The lowest BCUT2D eigenvalue weighted by Crippen LogP contribution is -2.44. The SMILES string of the molecule is CCCC(C)(Nc1ncccc1S(C)(=O)=O)C(=O)OC. The molecular weight excluding hydrogens is 280 g/mol. The van der Waals surface area contributed by atoms with Gasteiger partial charge in [0.05, 0.1) is 7.11 Å². The minimum absolute atomic E-state index is 0.0613. The van der Waals surface area contributed by atoms with Crippen LogP contribution in [0.2, 0.25) is 0 Å². The summed E-state index contributed by atoms with van der Waals surface area (Å²) in [7, 11) is -2.13. The number of aromatic nitrogens is 1. The van der Waals surface area contributed by atoms with Gasteiger partial charge >= 0.3 is 5.97 Å². The molecule has 0 saturated carbocycles. The van der Waals surface area contributed by atoms with Gasteiger partial charge in [-0.05, 0) is 25.5 Å². The highest BCUT2D eigenvalue weighted by atomic mass is 32.2. The summed E-state index contributed by atoms with van der Waals surface area (Å²) in [6.07, 6.45) is 3.81. The Labute approximate surface area is 119 Å². The smallest absolute Gasteiger partial charge is 0.331 e. The zero-order valence-corrected chi connectivity index (χ0v) is 13.0. The van der Waals surface area contributed by atoms with Crippen molar-refractivity contribution in [3.8, 4) is 0 Å². The Morgan fingerprint density at radius 3 is 2.65 bits per heavy atom. The van der Waals surface area contributed by atoms with Crippen molar-refractivity contribution < 1.29 is 17.9 Å². The lowest BCUT2D eigenvalue weighted by atomic mass is 9.96. The van der Waals surface area contributed by atoms with Crippen molar-refractivity contribution in [2.75, 3.05) is 18.7 Å². The number of hydrogen-bond donors (Lipinski definition) is 1. The van der Waals surface area contributed by atoms with Gasteiger partial charge < -0.3 is 10.1 Å². The number of ether oxygens (including phenoxy) is 1. The molecule has 7 heteroatoms. The maximum absolute atomic E-state index is 11.9. The predicted octanol–water partition coefficient (Wildman–Crippen LogP) is 1.63. The van der Waals surface area contributed by atoms with Crippen LogP contribution in [0.3, 0.4) is 0 Å². The molecule has 1 rings (SSSR count). The minimum atomic E-state index is -3.43. The van der Waals surface area contributed by atoms with Crippen molar-refractivity contribution in [3.63, 3.8) is 0 Å². The van der Waals surface area contributed by atoms with E-state index in [1.165, 1.54) is 25.4 Å². The molecule has 1 aromatic rings. The number of rotatable bonds is 6. The topological polar surface area (TPSA) is 85.4 Å². The van der Waals surface area contributed by atoms with Gasteiger partial charge in [-0.1, -0.05) is 13.3 Å². The summed E-state index contributed by atoms with van der Waals surface area (Å²) >= 11 is 0. The van der Waals surface area contributed by atoms with Crippen LogP contribution >= 0.6 is 0 Å². The number of methoxy groups -OCH3 is 1. The van der Waals surface area contributed by atoms with E-state index in [9.17, 15) is 13.2 Å². The summed E-state index contributed by atoms with van der Waals surface area (Å²) in [6.45, 7) is 3.60. The molecule has 0 aliphatic carbocycles. The van der Waals surface area contributed by atoms with Crippen molar-refractivity contribution in [1.29, 1.82) is 0 Å². The third kappa shape index (κ3) is 3.69. The average molecular weight is 300 g/mol. The molecule has 1 aromatic heterocycles. The normalized spacial score (nSPS) is 14.4. The van der Waals surface area contributed by atoms with E-state index in [-0.39, 0.29) is 10.7 Å². The van der Waals surface area contributed by atoms with Crippen LogP contribution in [0.1, 0.15) is 26.7 Å². The van der Waals surface area contributed by atoms with Gasteiger partial charge in [-0.3, -0.25) is 0 Å². The van der Waals surface area contributed by atoms with Crippen LogP contribution in [0.4, 0.5) is 5.82 Å². The van der Waals surface area contributed by atoms with Crippen molar-refractivity contribution in [2.45, 2.75) is 37.1 Å². The molecule has 0 aliphatic rings. The van der Waals surface area contributed by atoms with Gasteiger partial charge in [-0.2, -0.15) is 0 Å². The van der Waals surface area contributed by atoms with E-state index in [1.807, 2.05) is 6.92 Å². The van der Waals surface area contributed by atoms with E-state index in [1.54, 1.807) is 6.92 Å². The number of carbonyl (C=O) groups is 1. The molecule has 0 aliphatic heterocycles. The van der Waals surface area contributed by atoms with Crippen LogP contribution in [0.5, 0.6) is 0 Å². The van der Waals surface area contributed by atoms with Gasteiger partial charge in [0.1, 0.15) is 16.3 Å². The molecule has 0 aromatic carbocycles. The van der Waals surface area contributed by atoms with Crippen molar-refractivity contribution in [2.24, 2.45) is 0 Å². The molecule has 20 heavy (non-hydrogen) atoms. The Morgan fingerprint density at radius 2 is 2.15 bits per heavy atom. The molecule has 0 radical (unpaired) electrons. The molecule has 0 bridgehead atoms. The molecule has 1 atom stereocenters. The molecule has 1 unspecified atom stereocenters. The first-order chi connectivity index (χ1) is 9.24. The molecule has 112 valence electrons. The largest absolute Gasteiger partial charge is 0.467 e. The molecule has 1 heterocycles. The van der Waals surface area contributed by atoms with Crippen LogP contribution in [-0.2, 0) is 19.4 Å². The van der Waals surface area contributed by atoms with Crippen LogP contribution < -0.4 is 5.32 Å². The standard InChI is InChI=1S/C13H20N2O4S/c1-5-8-13(2,12(16)19-3)15-11-10(20(4,17)18)7-6-9-14-11/h6-7,9H,5,8H2,1-4H3,(H,14,15). The van der Waals surface area contributed by atoms with E-state index in [0.29, 0.717) is 6.42 Å². The summed E-state index contributed by atoms with van der Waals surface area (Å²) in [5, 5.41) is 2.92. The second-order valence-electron chi connectivity index (χ2n) is 4.82. The Bertz CT molecular complexity index is 586. The number of carbonyl (C=O) groups excluding carboxylic acids is 1.